The fraction of sp³-hybridized carbons (Fsp3) is 0.429. The van der Waals surface area contributed by atoms with Crippen molar-refractivity contribution in [2.24, 2.45) is 0 Å². The first-order valence-electron chi connectivity index (χ1n) is 6.58. The van der Waals surface area contributed by atoms with Crippen LogP contribution >= 0.6 is 23.2 Å². The highest BCUT2D eigenvalue weighted by Gasteiger charge is 2.12. The van der Waals surface area contributed by atoms with E-state index in [0.29, 0.717) is 22.9 Å². The number of aromatic nitrogens is 3. The molecule has 0 radical (unpaired) electrons. The molecule has 0 saturated heterocycles. The zero-order chi connectivity index (χ0) is 14.5. The average Bonchev–Trinajstić information content (AvgIpc) is 2.82. The van der Waals surface area contributed by atoms with Crippen LogP contribution in [0.4, 0.5) is 0 Å². The Hall–Kier alpha value is -1.10. The molecule has 1 heterocycles. The van der Waals surface area contributed by atoms with E-state index in [2.05, 4.69) is 17.0 Å². The molecule has 1 atom stereocenters. The zero-order valence-electron chi connectivity index (χ0n) is 11.3. The molecular weight excluding hydrogens is 297 g/mol. The van der Waals surface area contributed by atoms with Crippen molar-refractivity contribution >= 4 is 23.2 Å². The van der Waals surface area contributed by atoms with Crippen LogP contribution in [0.1, 0.15) is 24.7 Å². The van der Waals surface area contributed by atoms with Crippen molar-refractivity contribution in [2.75, 3.05) is 0 Å². The fourth-order valence-electron chi connectivity index (χ4n) is 2.07. The molecule has 0 aliphatic heterocycles. The highest BCUT2D eigenvalue weighted by Crippen LogP contribution is 2.23. The van der Waals surface area contributed by atoms with Crippen molar-refractivity contribution in [3.8, 4) is 0 Å². The topological polar surface area (TPSA) is 50.9 Å². The molecule has 2 rings (SSSR count). The summed E-state index contributed by atoms with van der Waals surface area (Å²) in [5, 5.41) is 15.3. The molecule has 1 aromatic carbocycles. The summed E-state index contributed by atoms with van der Waals surface area (Å²) in [7, 11) is 0. The Morgan fingerprint density at radius 1 is 1.25 bits per heavy atom. The standard InChI is InChI=1S/C14H17Cl2N3O/c1-2-5-19-14(17-9-18-19)8-11(20)6-10-3-4-12(15)13(16)7-10/h3-4,7,9,11,20H,2,5-6,8H2,1H3. The number of rotatable bonds is 6. The Balaban J connectivity index is 1.99. The number of benzene rings is 1. The van der Waals surface area contributed by atoms with Crippen molar-refractivity contribution in [1.82, 2.24) is 14.8 Å². The van der Waals surface area contributed by atoms with Crippen LogP contribution < -0.4 is 0 Å². The number of hydrogen-bond acceptors (Lipinski definition) is 3. The summed E-state index contributed by atoms with van der Waals surface area (Å²) in [4.78, 5) is 4.19. The molecule has 0 saturated carbocycles. The maximum Gasteiger partial charge on any atom is 0.138 e. The maximum absolute atomic E-state index is 10.2. The first-order chi connectivity index (χ1) is 9.60. The molecule has 1 aromatic heterocycles. The normalized spacial score (nSPS) is 12.6. The predicted molar refractivity (Wildman–Crippen MR) is 80.2 cm³/mol. The van der Waals surface area contributed by atoms with E-state index in [1.165, 1.54) is 6.33 Å². The van der Waals surface area contributed by atoms with Crippen LogP contribution in [0.3, 0.4) is 0 Å². The number of hydrogen-bond donors (Lipinski definition) is 1. The first-order valence-corrected chi connectivity index (χ1v) is 7.34. The van der Waals surface area contributed by atoms with Gasteiger partial charge in [0.1, 0.15) is 12.2 Å². The van der Waals surface area contributed by atoms with Gasteiger partial charge in [-0.3, -0.25) is 4.68 Å². The Morgan fingerprint density at radius 3 is 2.75 bits per heavy atom. The van der Waals surface area contributed by atoms with Crippen LogP contribution in [0, 0.1) is 0 Å². The minimum Gasteiger partial charge on any atom is -0.392 e. The predicted octanol–water partition coefficient (Wildman–Crippen LogP) is 3.14. The molecular formula is C14H17Cl2N3O. The van der Waals surface area contributed by atoms with Crippen LogP contribution in [0.25, 0.3) is 0 Å². The SMILES string of the molecule is CCCn1ncnc1CC(O)Cc1ccc(Cl)c(Cl)c1. The van der Waals surface area contributed by atoms with E-state index >= 15 is 0 Å². The van der Waals surface area contributed by atoms with Crippen LogP contribution in [-0.4, -0.2) is 26.0 Å². The largest absolute Gasteiger partial charge is 0.392 e. The van der Waals surface area contributed by atoms with Gasteiger partial charge in [0, 0.05) is 13.0 Å². The van der Waals surface area contributed by atoms with Gasteiger partial charge in [0.2, 0.25) is 0 Å². The minimum atomic E-state index is -0.521. The molecule has 0 bridgehead atoms. The van der Waals surface area contributed by atoms with Gasteiger partial charge in [-0.05, 0) is 30.5 Å². The summed E-state index contributed by atoms with van der Waals surface area (Å²) >= 11 is 11.8. The van der Waals surface area contributed by atoms with E-state index < -0.39 is 6.10 Å². The van der Waals surface area contributed by atoms with Gasteiger partial charge in [-0.2, -0.15) is 5.10 Å². The Kier molecular flexibility index (Phi) is 5.40. The quantitative estimate of drug-likeness (QED) is 0.891. The number of aliphatic hydroxyl groups is 1. The van der Waals surface area contributed by atoms with Gasteiger partial charge in [-0.15, -0.1) is 0 Å². The van der Waals surface area contributed by atoms with Gasteiger partial charge in [0.25, 0.3) is 0 Å². The third-order valence-electron chi connectivity index (χ3n) is 3.00. The van der Waals surface area contributed by atoms with Gasteiger partial charge in [-0.1, -0.05) is 36.2 Å². The van der Waals surface area contributed by atoms with Gasteiger partial charge < -0.3 is 5.11 Å². The Morgan fingerprint density at radius 2 is 2.05 bits per heavy atom. The lowest BCUT2D eigenvalue weighted by molar-refractivity contribution is 0.171. The third kappa shape index (κ3) is 3.95. The van der Waals surface area contributed by atoms with Crippen molar-refractivity contribution in [3.05, 3.63) is 46.0 Å². The van der Waals surface area contributed by atoms with Crippen molar-refractivity contribution < 1.29 is 5.11 Å². The van der Waals surface area contributed by atoms with Crippen LogP contribution in [0.15, 0.2) is 24.5 Å². The molecule has 108 valence electrons. The first kappa shape index (κ1) is 15.3. The number of halogens is 2. The molecule has 1 N–H and O–H groups in total. The second-order valence-corrected chi connectivity index (χ2v) is 5.52. The monoisotopic (exact) mass is 313 g/mol. The second-order valence-electron chi connectivity index (χ2n) is 4.71. The van der Waals surface area contributed by atoms with Gasteiger partial charge in [0.05, 0.1) is 16.1 Å². The number of aryl methyl sites for hydroxylation is 1. The summed E-state index contributed by atoms with van der Waals surface area (Å²) < 4.78 is 1.83. The highest BCUT2D eigenvalue weighted by molar-refractivity contribution is 6.42. The molecule has 0 spiro atoms. The van der Waals surface area contributed by atoms with Crippen molar-refractivity contribution in [3.63, 3.8) is 0 Å². The highest BCUT2D eigenvalue weighted by atomic mass is 35.5. The number of aliphatic hydroxyl groups excluding tert-OH is 1. The van der Waals surface area contributed by atoms with E-state index in [1.54, 1.807) is 12.1 Å². The molecule has 2 aromatic rings. The van der Waals surface area contributed by atoms with Crippen molar-refractivity contribution in [1.29, 1.82) is 0 Å². The van der Waals surface area contributed by atoms with E-state index in [4.69, 9.17) is 23.2 Å². The average molecular weight is 314 g/mol. The van der Waals surface area contributed by atoms with E-state index in [-0.39, 0.29) is 0 Å². The third-order valence-corrected chi connectivity index (χ3v) is 3.74. The van der Waals surface area contributed by atoms with Crippen LogP contribution in [-0.2, 0) is 19.4 Å². The molecule has 20 heavy (non-hydrogen) atoms. The number of nitrogens with zero attached hydrogens (tertiary/aromatic N) is 3. The lowest BCUT2D eigenvalue weighted by atomic mass is 10.1. The van der Waals surface area contributed by atoms with Gasteiger partial charge in [0.15, 0.2) is 0 Å². The lowest BCUT2D eigenvalue weighted by Gasteiger charge is -2.11. The molecule has 0 aliphatic carbocycles. The molecule has 1 unspecified atom stereocenters. The summed E-state index contributed by atoms with van der Waals surface area (Å²) in [6, 6.07) is 5.39. The summed E-state index contributed by atoms with van der Waals surface area (Å²) in [5.41, 5.74) is 0.952. The molecule has 0 fully saturated rings. The lowest BCUT2D eigenvalue weighted by Crippen LogP contribution is -2.18. The molecule has 0 aliphatic rings. The Bertz CT molecular complexity index is 571. The zero-order valence-corrected chi connectivity index (χ0v) is 12.8. The molecule has 4 nitrogen and oxygen atoms in total. The van der Waals surface area contributed by atoms with Crippen LogP contribution in [0.5, 0.6) is 0 Å². The smallest absolute Gasteiger partial charge is 0.138 e. The summed E-state index contributed by atoms with van der Waals surface area (Å²) in [5.74, 6) is 0.805. The van der Waals surface area contributed by atoms with E-state index in [0.717, 1.165) is 24.4 Å². The van der Waals surface area contributed by atoms with E-state index in [9.17, 15) is 5.11 Å². The molecule has 0 amide bonds. The van der Waals surface area contributed by atoms with Gasteiger partial charge in [-0.25, -0.2) is 4.98 Å². The van der Waals surface area contributed by atoms with E-state index in [1.807, 2.05) is 10.7 Å². The van der Waals surface area contributed by atoms with Gasteiger partial charge >= 0.3 is 0 Å². The fourth-order valence-corrected chi connectivity index (χ4v) is 2.39. The van der Waals surface area contributed by atoms with Crippen LogP contribution in [0.2, 0.25) is 10.0 Å². The summed E-state index contributed by atoms with van der Waals surface area (Å²) in [6.07, 6.45) is 2.97. The maximum atomic E-state index is 10.2. The molecule has 6 heteroatoms. The van der Waals surface area contributed by atoms with Crippen molar-refractivity contribution in [2.45, 2.75) is 38.8 Å². The summed E-state index contributed by atoms with van der Waals surface area (Å²) in [6.45, 7) is 2.90. The minimum absolute atomic E-state index is 0.472. The second kappa shape index (κ2) is 7.07. The Labute approximate surface area is 128 Å².